The topological polar surface area (TPSA) is 43.1 Å². The molecule has 0 unspecified atom stereocenters. The van der Waals surface area contributed by atoms with Crippen molar-refractivity contribution in [3.63, 3.8) is 0 Å². The maximum absolute atomic E-state index is 10.3. The number of benzene rings is 1. The Morgan fingerprint density at radius 3 is 3.07 bits per heavy atom. The summed E-state index contributed by atoms with van der Waals surface area (Å²) in [5.41, 5.74) is 2.60. The lowest BCUT2D eigenvalue weighted by molar-refractivity contribution is -0.107. The van der Waals surface area contributed by atoms with Crippen LogP contribution >= 0.6 is 0 Å². The number of hydrogen-bond donors (Lipinski definition) is 0. The van der Waals surface area contributed by atoms with E-state index in [1.807, 2.05) is 25.1 Å². The number of fused-ring (bicyclic) bond motifs is 1. The van der Waals surface area contributed by atoms with Crippen LogP contribution in [0.15, 0.2) is 22.6 Å². The predicted molar refractivity (Wildman–Crippen MR) is 53.2 cm³/mol. The molecule has 0 aliphatic heterocycles. The zero-order valence-corrected chi connectivity index (χ0v) is 7.99. The minimum absolute atomic E-state index is 0.435. The molecule has 0 saturated heterocycles. The average molecular weight is 189 g/mol. The number of aryl methyl sites for hydroxylation is 1. The molecule has 2 rings (SSSR count). The summed E-state index contributed by atoms with van der Waals surface area (Å²) in [4.78, 5) is 14.6. The summed E-state index contributed by atoms with van der Waals surface area (Å²) in [5.74, 6) is 0.739. The van der Waals surface area contributed by atoms with E-state index in [0.717, 1.165) is 35.3 Å². The van der Waals surface area contributed by atoms with E-state index in [-0.39, 0.29) is 0 Å². The fourth-order valence-corrected chi connectivity index (χ4v) is 1.40. The summed E-state index contributed by atoms with van der Waals surface area (Å²) in [5, 5.41) is 0. The number of carbonyl (C=O) groups excluding carboxylic acids is 1. The second-order valence-corrected chi connectivity index (χ2v) is 3.13. The second kappa shape index (κ2) is 3.62. The van der Waals surface area contributed by atoms with Crippen LogP contribution in [0.3, 0.4) is 0 Å². The van der Waals surface area contributed by atoms with Crippen molar-refractivity contribution < 1.29 is 9.21 Å². The fraction of sp³-hybridized carbons (Fsp3) is 0.273. The van der Waals surface area contributed by atoms with E-state index in [1.165, 1.54) is 0 Å². The molecular weight excluding hydrogens is 178 g/mol. The molecule has 0 spiro atoms. The highest BCUT2D eigenvalue weighted by molar-refractivity contribution is 5.74. The van der Waals surface area contributed by atoms with Gasteiger partial charge in [-0.05, 0) is 17.7 Å². The van der Waals surface area contributed by atoms with Gasteiger partial charge in [0.25, 0.3) is 0 Å². The molecule has 0 atom stereocenters. The van der Waals surface area contributed by atoms with Gasteiger partial charge in [-0.1, -0.05) is 13.0 Å². The van der Waals surface area contributed by atoms with Crippen LogP contribution in [-0.4, -0.2) is 11.3 Å². The van der Waals surface area contributed by atoms with E-state index in [2.05, 4.69) is 4.98 Å². The molecule has 2 aromatic rings. The van der Waals surface area contributed by atoms with Gasteiger partial charge in [-0.3, -0.25) is 0 Å². The SMILES string of the molecule is CCc1nc2cc(CC=O)ccc2o1. The first kappa shape index (κ1) is 8.94. The summed E-state index contributed by atoms with van der Waals surface area (Å²) in [6.45, 7) is 2.00. The molecule has 1 aromatic carbocycles. The number of aldehydes is 1. The summed E-state index contributed by atoms with van der Waals surface area (Å²) in [6.07, 6.45) is 2.12. The average Bonchev–Trinajstić information content (AvgIpc) is 2.60. The molecule has 0 bridgehead atoms. The standard InChI is InChI=1S/C11H11NO2/c1-2-11-12-9-7-8(5-6-13)3-4-10(9)14-11/h3-4,6-7H,2,5H2,1H3. The van der Waals surface area contributed by atoms with Crippen molar-refractivity contribution in [3.05, 3.63) is 29.7 Å². The minimum Gasteiger partial charge on any atom is -0.441 e. The van der Waals surface area contributed by atoms with Crippen LogP contribution in [-0.2, 0) is 17.6 Å². The molecule has 0 saturated carbocycles. The molecular formula is C11H11NO2. The van der Waals surface area contributed by atoms with Crippen LogP contribution < -0.4 is 0 Å². The van der Waals surface area contributed by atoms with Crippen molar-refractivity contribution in [2.75, 3.05) is 0 Å². The van der Waals surface area contributed by atoms with Crippen molar-refractivity contribution in [1.82, 2.24) is 4.98 Å². The van der Waals surface area contributed by atoms with Crippen molar-refractivity contribution >= 4 is 17.4 Å². The van der Waals surface area contributed by atoms with E-state index < -0.39 is 0 Å². The zero-order valence-electron chi connectivity index (χ0n) is 7.99. The van der Waals surface area contributed by atoms with E-state index in [9.17, 15) is 4.79 Å². The lowest BCUT2D eigenvalue weighted by Gasteiger charge is -1.92. The van der Waals surface area contributed by atoms with Gasteiger partial charge in [0.15, 0.2) is 11.5 Å². The van der Waals surface area contributed by atoms with Gasteiger partial charge in [0.1, 0.15) is 11.8 Å². The number of hydrogen-bond acceptors (Lipinski definition) is 3. The maximum Gasteiger partial charge on any atom is 0.195 e. The summed E-state index contributed by atoms with van der Waals surface area (Å²) in [7, 11) is 0. The Bertz CT molecular complexity index is 459. The lowest BCUT2D eigenvalue weighted by atomic mass is 10.1. The lowest BCUT2D eigenvalue weighted by Crippen LogP contribution is -1.84. The van der Waals surface area contributed by atoms with Gasteiger partial charge in [0.2, 0.25) is 0 Å². The number of nitrogens with zero attached hydrogens (tertiary/aromatic N) is 1. The van der Waals surface area contributed by atoms with Crippen molar-refractivity contribution in [3.8, 4) is 0 Å². The van der Waals surface area contributed by atoms with E-state index in [0.29, 0.717) is 6.42 Å². The molecule has 3 heteroatoms. The smallest absolute Gasteiger partial charge is 0.195 e. The van der Waals surface area contributed by atoms with Gasteiger partial charge in [0, 0.05) is 12.8 Å². The highest BCUT2D eigenvalue weighted by Crippen LogP contribution is 2.17. The van der Waals surface area contributed by atoms with Gasteiger partial charge in [0.05, 0.1) is 0 Å². The molecule has 0 aliphatic carbocycles. The molecule has 72 valence electrons. The van der Waals surface area contributed by atoms with E-state index in [1.54, 1.807) is 0 Å². The normalized spacial score (nSPS) is 10.6. The van der Waals surface area contributed by atoms with Gasteiger partial charge in [-0.25, -0.2) is 4.98 Å². The Balaban J connectivity index is 2.48. The monoisotopic (exact) mass is 189 g/mol. The Kier molecular flexibility index (Phi) is 2.31. The molecule has 1 aromatic heterocycles. The van der Waals surface area contributed by atoms with Gasteiger partial charge < -0.3 is 9.21 Å². The van der Waals surface area contributed by atoms with Crippen LogP contribution in [0.4, 0.5) is 0 Å². The third kappa shape index (κ3) is 1.53. The number of carbonyl (C=O) groups is 1. The first-order chi connectivity index (χ1) is 6.83. The van der Waals surface area contributed by atoms with Crippen LogP contribution in [0.1, 0.15) is 18.4 Å². The molecule has 0 amide bonds. The minimum atomic E-state index is 0.435. The Hall–Kier alpha value is -1.64. The van der Waals surface area contributed by atoms with E-state index >= 15 is 0 Å². The third-order valence-electron chi connectivity index (χ3n) is 2.12. The van der Waals surface area contributed by atoms with E-state index in [4.69, 9.17) is 4.42 Å². The molecule has 0 aliphatic rings. The van der Waals surface area contributed by atoms with Gasteiger partial charge >= 0.3 is 0 Å². The van der Waals surface area contributed by atoms with Crippen LogP contribution in [0, 0.1) is 0 Å². The van der Waals surface area contributed by atoms with Crippen molar-refractivity contribution in [1.29, 1.82) is 0 Å². The Labute approximate surface area is 81.7 Å². The van der Waals surface area contributed by atoms with Crippen LogP contribution in [0.2, 0.25) is 0 Å². The molecule has 0 fully saturated rings. The molecule has 14 heavy (non-hydrogen) atoms. The van der Waals surface area contributed by atoms with Gasteiger partial charge in [-0.15, -0.1) is 0 Å². The first-order valence-corrected chi connectivity index (χ1v) is 4.65. The molecule has 1 heterocycles. The fourth-order valence-electron chi connectivity index (χ4n) is 1.40. The van der Waals surface area contributed by atoms with Crippen molar-refractivity contribution in [2.45, 2.75) is 19.8 Å². The number of rotatable bonds is 3. The number of aromatic nitrogens is 1. The molecule has 0 N–H and O–H groups in total. The zero-order chi connectivity index (χ0) is 9.97. The maximum atomic E-state index is 10.3. The number of oxazole rings is 1. The van der Waals surface area contributed by atoms with Crippen molar-refractivity contribution in [2.24, 2.45) is 0 Å². The Morgan fingerprint density at radius 2 is 2.36 bits per heavy atom. The summed E-state index contributed by atoms with van der Waals surface area (Å²) >= 11 is 0. The van der Waals surface area contributed by atoms with Gasteiger partial charge in [-0.2, -0.15) is 0 Å². The highest BCUT2D eigenvalue weighted by Gasteiger charge is 2.04. The molecule has 3 nitrogen and oxygen atoms in total. The largest absolute Gasteiger partial charge is 0.441 e. The first-order valence-electron chi connectivity index (χ1n) is 4.65. The molecule has 0 radical (unpaired) electrons. The predicted octanol–water partition coefficient (Wildman–Crippen LogP) is 2.13. The van der Waals surface area contributed by atoms with Crippen LogP contribution in [0.5, 0.6) is 0 Å². The second-order valence-electron chi connectivity index (χ2n) is 3.13. The summed E-state index contributed by atoms with van der Waals surface area (Å²) < 4.78 is 5.45. The highest BCUT2D eigenvalue weighted by atomic mass is 16.3. The quantitative estimate of drug-likeness (QED) is 0.694. The van der Waals surface area contributed by atoms with Crippen LogP contribution in [0.25, 0.3) is 11.1 Å². The third-order valence-corrected chi connectivity index (χ3v) is 2.12. The Morgan fingerprint density at radius 1 is 1.50 bits per heavy atom. The summed E-state index contributed by atoms with van der Waals surface area (Å²) in [6, 6.07) is 5.65.